The van der Waals surface area contributed by atoms with Crippen molar-refractivity contribution in [3.63, 3.8) is 0 Å². The van der Waals surface area contributed by atoms with E-state index in [0.29, 0.717) is 38.5 Å². The number of hydrogen-bond donors (Lipinski definition) is 1. The maximum Gasteiger partial charge on any atom is 0.283 e. The first kappa shape index (κ1) is 26.7. The van der Waals surface area contributed by atoms with Crippen molar-refractivity contribution in [2.24, 2.45) is 4.99 Å². The van der Waals surface area contributed by atoms with Crippen LogP contribution in [0.25, 0.3) is 10.6 Å². The van der Waals surface area contributed by atoms with Crippen molar-refractivity contribution in [1.29, 1.82) is 0 Å². The largest absolute Gasteiger partial charge is 0.497 e. The lowest BCUT2D eigenvalue weighted by Crippen LogP contribution is -2.36. The van der Waals surface area contributed by atoms with Crippen molar-refractivity contribution in [2.75, 3.05) is 23.6 Å². The van der Waals surface area contributed by atoms with Gasteiger partial charge in [0.05, 0.1) is 24.2 Å². The van der Waals surface area contributed by atoms with E-state index in [-0.39, 0.29) is 18.0 Å². The third-order valence-corrected chi connectivity index (χ3v) is 9.21. The Hall–Kier alpha value is -4.54. The number of hydrogen-bond acceptors (Lipinski definition) is 7. The maximum absolute atomic E-state index is 14.0. The fraction of sp³-hybridized carbons (Fsp3) is 0.129. The molecular formula is C31H27N5O3S2. The van der Waals surface area contributed by atoms with Crippen LogP contribution >= 0.6 is 23.1 Å². The number of fused-ring (bicyclic) bond motifs is 1. The summed E-state index contributed by atoms with van der Waals surface area (Å²) in [5.41, 5.74) is 5.70. The predicted molar refractivity (Wildman–Crippen MR) is 167 cm³/mol. The molecule has 0 saturated carbocycles. The van der Waals surface area contributed by atoms with Crippen LogP contribution in [0.15, 0.2) is 106 Å². The molecule has 1 amide bonds. The Labute approximate surface area is 245 Å². The molecule has 1 saturated heterocycles. The van der Waals surface area contributed by atoms with Gasteiger partial charge < -0.3 is 9.64 Å². The first-order valence-corrected chi connectivity index (χ1v) is 14.7. The number of rotatable bonds is 6. The van der Waals surface area contributed by atoms with E-state index in [9.17, 15) is 9.59 Å². The molecule has 4 aromatic rings. The predicted octanol–water partition coefficient (Wildman–Crippen LogP) is 4.23. The summed E-state index contributed by atoms with van der Waals surface area (Å²) in [6, 6.07) is 24.7. The first-order chi connectivity index (χ1) is 20.0. The number of hydrazine groups is 1. The second kappa shape index (κ2) is 11.1. The molecule has 206 valence electrons. The molecule has 0 radical (unpaired) electrons. The summed E-state index contributed by atoms with van der Waals surface area (Å²) in [4.78, 5) is 36.0. The lowest BCUT2D eigenvalue weighted by atomic mass is 10.2. The topological polar surface area (TPSA) is 79.2 Å². The molecule has 0 unspecified atom stereocenters. The number of thioether (sulfide) groups is 1. The average Bonchev–Trinajstić information content (AvgIpc) is 3.64. The Balaban J connectivity index is 1.62. The van der Waals surface area contributed by atoms with E-state index in [1.807, 2.05) is 85.8 Å². The number of para-hydroxylation sites is 2. The van der Waals surface area contributed by atoms with Crippen LogP contribution in [-0.4, -0.2) is 30.0 Å². The number of nitrogens with zero attached hydrogens (tertiary/aromatic N) is 4. The van der Waals surface area contributed by atoms with E-state index in [1.165, 1.54) is 16.3 Å². The van der Waals surface area contributed by atoms with Crippen molar-refractivity contribution in [3.8, 4) is 5.75 Å². The minimum atomic E-state index is -0.291. The Kier molecular flexibility index (Phi) is 7.25. The van der Waals surface area contributed by atoms with Gasteiger partial charge in [-0.25, -0.2) is 10.0 Å². The number of anilines is 2. The van der Waals surface area contributed by atoms with Gasteiger partial charge in [-0.3, -0.25) is 19.6 Å². The van der Waals surface area contributed by atoms with Crippen LogP contribution < -0.4 is 34.8 Å². The molecule has 3 heterocycles. The Morgan fingerprint density at radius 2 is 1.76 bits per heavy atom. The van der Waals surface area contributed by atoms with Gasteiger partial charge in [0.1, 0.15) is 25.5 Å². The summed E-state index contributed by atoms with van der Waals surface area (Å²) in [5.74, 6) is 0.835. The Morgan fingerprint density at radius 1 is 1.02 bits per heavy atom. The number of carbonyl (C=O) groups excluding carboxylic acids is 1. The van der Waals surface area contributed by atoms with Gasteiger partial charge in [-0.1, -0.05) is 54.2 Å². The van der Waals surface area contributed by atoms with Crippen molar-refractivity contribution in [1.82, 2.24) is 9.99 Å². The summed E-state index contributed by atoms with van der Waals surface area (Å²) in [7, 11) is 1.64. The van der Waals surface area contributed by atoms with Gasteiger partial charge in [0.25, 0.3) is 11.5 Å². The van der Waals surface area contributed by atoms with Crippen molar-refractivity contribution in [2.45, 2.75) is 18.4 Å². The molecule has 41 heavy (non-hydrogen) atoms. The zero-order valence-electron chi connectivity index (χ0n) is 22.5. The fourth-order valence-corrected chi connectivity index (χ4v) is 7.32. The highest BCUT2D eigenvalue weighted by Gasteiger charge is 2.36. The van der Waals surface area contributed by atoms with E-state index in [4.69, 9.17) is 9.73 Å². The minimum absolute atomic E-state index is 0.178. The van der Waals surface area contributed by atoms with Gasteiger partial charge in [-0.2, -0.15) is 0 Å². The fourth-order valence-electron chi connectivity index (χ4n) is 4.79. The second-order valence-corrected chi connectivity index (χ2v) is 11.2. The van der Waals surface area contributed by atoms with Crippen LogP contribution in [0.3, 0.4) is 0 Å². The molecule has 1 aromatic heterocycles. The quantitative estimate of drug-likeness (QED) is 0.344. The minimum Gasteiger partial charge on any atom is -0.497 e. The monoisotopic (exact) mass is 581 g/mol. The van der Waals surface area contributed by atoms with Crippen molar-refractivity contribution < 1.29 is 9.53 Å². The summed E-state index contributed by atoms with van der Waals surface area (Å²) >= 11 is 2.85. The normalized spacial score (nSPS) is 18.1. The van der Waals surface area contributed by atoms with Crippen LogP contribution in [-0.2, 0) is 11.3 Å². The highest BCUT2D eigenvalue weighted by atomic mass is 32.2. The van der Waals surface area contributed by atoms with Gasteiger partial charge in [0.15, 0.2) is 5.84 Å². The first-order valence-electron chi connectivity index (χ1n) is 13.1. The van der Waals surface area contributed by atoms with E-state index in [1.54, 1.807) is 29.5 Å². The van der Waals surface area contributed by atoms with E-state index >= 15 is 0 Å². The van der Waals surface area contributed by atoms with Gasteiger partial charge >= 0.3 is 0 Å². The zero-order chi connectivity index (χ0) is 28.5. The van der Waals surface area contributed by atoms with Gasteiger partial charge in [0, 0.05) is 24.1 Å². The van der Waals surface area contributed by atoms with Crippen LogP contribution in [0.4, 0.5) is 17.1 Å². The van der Waals surface area contributed by atoms with Gasteiger partial charge in [0.2, 0.25) is 0 Å². The lowest BCUT2D eigenvalue weighted by molar-refractivity contribution is -0.113. The molecule has 1 fully saturated rings. The molecule has 0 aliphatic carbocycles. The van der Waals surface area contributed by atoms with Crippen molar-refractivity contribution in [3.05, 3.63) is 111 Å². The molecule has 6 rings (SSSR count). The van der Waals surface area contributed by atoms with E-state index < -0.39 is 0 Å². The van der Waals surface area contributed by atoms with E-state index in [0.717, 1.165) is 21.4 Å². The standard InChI is InChI=1S/C31H27N5O3S2/c1-4-18-35-29(38)26(31-34(5-2)23-19-22(39-3)16-17-24(23)40-31)41-30(35)25-27(32-20-12-8-6-9-13-20)33-36(28(25)37)21-14-10-7-11-15-21/h4,6-17,19H,1,5,18H2,2-3H3,(H,32,33)/b30-25+,31-26-. The number of ether oxygens (including phenoxy) is 1. The highest BCUT2D eigenvalue weighted by molar-refractivity contribution is 8.08. The molecule has 3 aromatic carbocycles. The Morgan fingerprint density at radius 3 is 2.44 bits per heavy atom. The summed E-state index contributed by atoms with van der Waals surface area (Å²) < 4.78 is 8.14. The number of benzene rings is 3. The zero-order valence-corrected chi connectivity index (χ0v) is 24.2. The molecular weight excluding hydrogens is 555 g/mol. The van der Waals surface area contributed by atoms with E-state index in [2.05, 4.69) is 16.9 Å². The number of carbonyl (C=O) groups is 1. The van der Waals surface area contributed by atoms with Crippen LogP contribution in [0.1, 0.15) is 6.92 Å². The number of aliphatic imine (C=N–C) groups is 1. The number of allylic oxidation sites excluding steroid dienone is 1. The molecule has 2 aliphatic rings. The molecule has 1 N–H and O–H groups in total. The third-order valence-electron chi connectivity index (χ3n) is 6.71. The number of amidine groups is 1. The number of methoxy groups -OCH3 is 1. The number of nitrogens with one attached hydrogen (secondary N) is 1. The molecule has 0 spiro atoms. The smallest absolute Gasteiger partial charge is 0.283 e. The maximum atomic E-state index is 14.0. The molecule has 0 atom stereocenters. The van der Waals surface area contributed by atoms with Crippen LogP contribution in [0.5, 0.6) is 5.75 Å². The van der Waals surface area contributed by atoms with Crippen molar-refractivity contribution >= 4 is 62.5 Å². The summed E-state index contributed by atoms with van der Waals surface area (Å²) in [6.45, 7) is 6.84. The number of thiazole rings is 1. The SMILES string of the molecule is C=CCn1c(=O)/c(=C2/Sc3ccc(OC)cc3N2CC)s/c1=C1/C(=O)N(c2ccccc2)NC1=Nc1ccccc1. The van der Waals surface area contributed by atoms with Gasteiger partial charge in [-0.15, -0.1) is 17.9 Å². The Bertz CT molecular complexity index is 1860. The average molecular weight is 582 g/mol. The third kappa shape index (κ3) is 4.75. The van der Waals surface area contributed by atoms with Crippen LogP contribution in [0, 0.1) is 0 Å². The molecule has 10 heteroatoms. The highest BCUT2D eigenvalue weighted by Crippen LogP contribution is 2.47. The molecule has 0 bridgehead atoms. The van der Waals surface area contributed by atoms with Crippen LogP contribution in [0.2, 0.25) is 0 Å². The molecule has 2 aliphatic heterocycles. The number of aromatic nitrogens is 1. The lowest BCUT2D eigenvalue weighted by Gasteiger charge is -2.17. The van der Waals surface area contributed by atoms with Gasteiger partial charge in [-0.05, 0) is 43.3 Å². The second-order valence-electron chi connectivity index (χ2n) is 9.18. The molecule has 8 nitrogen and oxygen atoms in total. The summed E-state index contributed by atoms with van der Waals surface area (Å²) in [5, 5.41) is 2.30. The number of amides is 1. The summed E-state index contributed by atoms with van der Waals surface area (Å²) in [6.07, 6.45) is 1.67.